The van der Waals surface area contributed by atoms with E-state index in [1.807, 2.05) is 30.3 Å². The van der Waals surface area contributed by atoms with Crippen LogP contribution in [-0.4, -0.2) is 16.1 Å². The fourth-order valence-corrected chi connectivity index (χ4v) is 2.49. The van der Waals surface area contributed by atoms with Gasteiger partial charge in [0.25, 0.3) is 0 Å². The zero-order chi connectivity index (χ0) is 15.0. The van der Waals surface area contributed by atoms with E-state index in [0.29, 0.717) is 22.2 Å². The van der Waals surface area contributed by atoms with Crippen LogP contribution in [-0.2, 0) is 0 Å². The van der Waals surface area contributed by atoms with Gasteiger partial charge in [0, 0.05) is 17.0 Å². The van der Waals surface area contributed by atoms with Crippen molar-refractivity contribution in [3.8, 4) is 11.3 Å². The Morgan fingerprint density at radius 3 is 2.52 bits per heavy atom. The van der Waals surface area contributed by atoms with E-state index < -0.39 is 11.8 Å². The fourth-order valence-electron chi connectivity index (χ4n) is 2.49. The number of aromatic carboxylic acids is 1. The van der Waals surface area contributed by atoms with Gasteiger partial charge >= 0.3 is 5.97 Å². The number of rotatable bonds is 2. The van der Waals surface area contributed by atoms with E-state index >= 15 is 0 Å². The van der Waals surface area contributed by atoms with Gasteiger partial charge in [0.1, 0.15) is 5.82 Å². The molecule has 0 atom stereocenters. The highest BCUT2D eigenvalue weighted by Crippen LogP contribution is 2.29. The molecule has 0 saturated heterocycles. The summed E-state index contributed by atoms with van der Waals surface area (Å²) in [5.74, 6) is -1.47. The molecule has 3 aromatic rings. The Kier molecular flexibility index (Phi) is 3.14. The number of nitrogens with zero attached hydrogens (tertiary/aromatic N) is 1. The number of benzene rings is 2. The Bertz CT molecular complexity index is 844. The maximum atomic E-state index is 13.4. The number of halogens is 1. The van der Waals surface area contributed by atoms with Crippen molar-refractivity contribution in [1.82, 2.24) is 4.98 Å². The number of aromatic nitrogens is 1. The largest absolute Gasteiger partial charge is 0.478 e. The summed E-state index contributed by atoms with van der Waals surface area (Å²) in [6.07, 6.45) is 0. The average Bonchev–Trinajstić information content (AvgIpc) is 2.47. The number of hydrogen-bond donors (Lipinski definition) is 1. The van der Waals surface area contributed by atoms with Crippen molar-refractivity contribution in [3.63, 3.8) is 0 Å². The summed E-state index contributed by atoms with van der Waals surface area (Å²) in [6, 6.07) is 13.3. The lowest BCUT2D eigenvalue weighted by Gasteiger charge is -2.12. The molecule has 0 unspecified atom stereocenters. The predicted octanol–water partition coefficient (Wildman–Crippen LogP) is 4.05. The normalized spacial score (nSPS) is 10.8. The van der Waals surface area contributed by atoms with E-state index in [1.165, 1.54) is 18.2 Å². The van der Waals surface area contributed by atoms with Crippen molar-refractivity contribution < 1.29 is 14.3 Å². The standard InChI is InChI=1S/C17H12FNO2/c1-10-15(17(20)21)13-8-7-12(18)9-14(13)19-16(10)11-5-3-2-4-6-11/h2-9H,1H3,(H,20,21). The molecule has 1 aromatic heterocycles. The molecule has 2 aromatic carbocycles. The second-order valence-electron chi connectivity index (χ2n) is 4.79. The van der Waals surface area contributed by atoms with Gasteiger partial charge < -0.3 is 5.11 Å². The van der Waals surface area contributed by atoms with Gasteiger partial charge in [-0.2, -0.15) is 0 Å². The summed E-state index contributed by atoms with van der Waals surface area (Å²) in [5, 5.41) is 9.93. The van der Waals surface area contributed by atoms with E-state index in [0.717, 1.165) is 5.56 Å². The molecule has 0 saturated carbocycles. The SMILES string of the molecule is Cc1c(-c2ccccc2)nc2cc(F)ccc2c1C(=O)O. The van der Waals surface area contributed by atoms with Crippen LogP contribution in [0.3, 0.4) is 0 Å². The molecule has 0 spiro atoms. The monoisotopic (exact) mass is 281 g/mol. The second-order valence-corrected chi connectivity index (χ2v) is 4.79. The highest BCUT2D eigenvalue weighted by molar-refractivity contribution is 6.05. The number of carbonyl (C=O) groups is 1. The van der Waals surface area contributed by atoms with Crippen molar-refractivity contribution in [2.45, 2.75) is 6.92 Å². The van der Waals surface area contributed by atoms with E-state index in [-0.39, 0.29) is 5.56 Å². The Morgan fingerprint density at radius 2 is 1.86 bits per heavy atom. The molecule has 4 heteroatoms. The topological polar surface area (TPSA) is 50.2 Å². The quantitative estimate of drug-likeness (QED) is 0.771. The molecule has 3 rings (SSSR count). The third-order valence-corrected chi connectivity index (χ3v) is 3.45. The molecular formula is C17H12FNO2. The summed E-state index contributed by atoms with van der Waals surface area (Å²) < 4.78 is 13.4. The van der Waals surface area contributed by atoms with E-state index in [1.54, 1.807) is 6.92 Å². The third kappa shape index (κ3) is 2.25. The van der Waals surface area contributed by atoms with Crippen LogP contribution in [0.2, 0.25) is 0 Å². The summed E-state index contributed by atoms with van der Waals surface area (Å²) >= 11 is 0. The first-order chi connectivity index (χ1) is 10.1. The molecule has 3 nitrogen and oxygen atoms in total. The Hall–Kier alpha value is -2.75. The van der Waals surface area contributed by atoms with Crippen LogP contribution in [0, 0.1) is 12.7 Å². The first-order valence-electron chi connectivity index (χ1n) is 6.46. The molecule has 1 N–H and O–H groups in total. The van der Waals surface area contributed by atoms with Gasteiger partial charge in [-0.3, -0.25) is 0 Å². The van der Waals surface area contributed by atoms with Crippen LogP contribution in [0.25, 0.3) is 22.2 Å². The molecule has 0 fully saturated rings. The lowest BCUT2D eigenvalue weighted by molar-refractivity contribution is 0.0698. The molecule has 0 aliphatic rings. The summed E-state index contributed by atoms with van der Waals surface area (Å²) in [6.45, 7) is 1.72. The molecule has 1 heterocycles. The maximum Gasteiger partial charge on any atom is 0.336 e. The smallest absolute Gasteiger partial charge is 0.336 e. The molecular weight excluding hydrogens is 269 g/mol. The lowest BCUT2D eigenvalue weighted by Crippen LogP contribution is -2.05. The number of fused-ring (bicyclic) bond motifs is 1. The zero-order valence-corrected chi connectivity index (χ0v) is 11.3. The van der Waals surface area contributed by atoms with E-state index in [4.69, 9.17) is 0 Å². The van der Waals surface area contributed by atoms with Crippen molar-refractivity contribution in [2.24, 2.45) is 0 Å². The van der Waals surface area contributed by atoms with Crippen molar-refractivity contribution in [2.75, 3.05) is 0 Å². The van der Waals surface area contributed by atoms with Crippen LogP contribution in [0.15, 0.2) is 48.5 Å². The Morgan fingerprint density at radius 1 is 1.14 bits per heavy atom. The first kappa shape index (κ1) is 13.2. The number of carboxylic acids is 1. The molecule has 0 aliphatic heterocycles. The van der Waals surface area contributed by atoms with Crippen molar-refractivity contribution in [3.05, 3.63) is 65.5 Å². The van der Waals surface area contributed by atoms with Gasteiger partial charge in [-0.15, -0.1) is 0 Å². The zero-order valence-electron chi connectivity index (χ0n) is 11.3. The van der Waals surface area contributed by atoms with Crippen LogP contribution in [0.1, 0.15) is 15.9 Å². The lowest BCUT2D eigenvalue weighted by atomic mass is 9.98. The highest BCUT2D eigenvalue weighted by Gasteiger charge is 2.18. The number of hydrogen-bond acceptors (Lipinski definition) is 2. The molecule has 0 amide bonds. The molecule has 0 radical (unpaired) electrons. The fraction of sp³-hybridized carbons (Fsp3) is 0.0588. The van der Waals surface area contributed by atoms with Gasteiger partial charge in [-0.25, -0.2) is 14.2 Å². The van der Waals surface area contributed by atoms with E-state index in [2.05, 4.69) is 4.98 Å². The van der Waals surface area contributed by atoms with Crippen LogP contribution in [0.4, 0.5) is 4.39 Å². The predicted molar refractivity (Wildman–Crippen MR) is 78.8 cm³/mol. The Labute approximate surface area is 120 Å². The van der Waals surface area contributed by atoms with Gasteiger partial charge in [-0.1, -0.05) is 30.3 Å². The summed E-state index contributed by atoms with van der Waals surface area (Å²) in [7, 11) is 0. The molecule has 0 aliphatic carbocycles. The molecule has 0 bridgehead atoms. The van der Waals surface area contributed by atoms with Crippen LogP contribution >= 0.6 is 0 Å². The van der Waals surface area contributed by atoms with Gasteiger partial charge in [0.2, 0.25) is 0 Å². The van der Waals surface area contributed by atoms with Crippen LogP contribution in [0.5, 0.6) is 0 Å². The van der Waals surface area contributed by atoms with Crippen molar-refractivity contribution >= 4 is 16.9 Å². The maximum absolute atomic E-state index is 13.4. The van der Waals surface area contributed by atoms with E-state index in [9.17, 15) is 14.3 Å². The third-order valence-electron chi connectivity index (χ3n) is 3.45. The average molecular weight is 281 g/mol. The van der Waals surface area contributed by atoms with Gasteiger partial charge in [-0.05, 0) is 24.6 Å². The minimum absolute atomic E-state index is 0.166. The summed E-state index contributed by atoms with van der Waals surface area (Å²) in [5.41, 5.74) is 2.46. The Balaban J connectivity index is 2.41. The number of pyridine rings is 1. The minimum atomic E-state index is -1.04. The summed E-state index contributed by atoms with van der Waals surface area (Å²) in [4.78, 5) is 16.0. The minimum Gasteiger partial charge on any atom is -0.478 e. The molecule has 104 valence electrons. The van der Waals surface area contributed by atoms with Crippen molar-refractivity contribution in [1.29, 1.82) is 0 Å². The first-order valence-corrected chi connectivity index (χ1v) is 6.46. The van der Waals surface area contributed by atoms with Crippen LogP contribution < -0.4 is 0 Å². The van der Waals surface area contributed by atoms with Gasteiger partial charge in [0.05, 0.1) is 16.8 Å². The highest BCUT2D eigenvalue weighted by atomic mass is 19.1. The second kappa shape index (κ2) is 4.98. The molecule has 21 heavy (non-hydrogen) atoms. The number of carboxylic acid groups (broad SMARTS) is 1. The van der Waals surface area contributed by atoms with Gasteiger partial charge in [0.15, 0.2) is 0 Å².